The summed E-state index contributed by atoms with van der Waals surface area (Å²) in [6, 6.07) is 6.84. The third kappa shape index (κ3) is 3.64. The summed E-state index contributed by atoms with van der Waals surface area (Å²) in [6.07, 6.45) is 3.27. The molecular formula is C16H20N2O3S. The van der Waals surface area contributed by atoms with Crippen molar-refractivity contribution in [2.45, 2.75) is 32.2 Å². The van der Waals surface area contributed by atoms with Gasteiger partial charge in [0.2, 0.25) is 10.0 Å². The number of sulfonamides is 1. The number of aromatic nitrogens is 1. The van der Waals surface area contributed by atoms with Gasteiger partial charge < -0.3 is 4.74 Å². The number of benzene rings is 1. The summed E-state index contributed by atoms with van der Waals surface area (Å²) in [5, 5.41) is 0. The molecule has 2 rings (SSSR count). The van der Waals surface area contributed by atoms with Crippen molar-refractivity contribution in [3.8, 4) is 5.75 Å². The number of nitrogens with zero attached hydrogens (tertiary/aromatic N) is 1. The van der Waals surface area contributed by atoms with E-state index < -0.39 is 10.0 Å². The normalized spacial score (nSPS) is 11.4. The van der Waals surface area contributed by atoms with Crippen LogP contribution in [0.2, 0.25) is 0 Å². The van der Waals surface area contributed by atoms with Crippen molar-refractivity contribution < 1.29 is 13.2 Å². The maximum Gasteiger partial charge on any atom is 0.241 e. The van der Waals surface area contributed by atoms with Gasteiger partial charge in [-0.2, -0.15) is 0 Å². The first-order valence-electron chi connectivity index (χ1n) is 7.07. The highest BCUT2D eigenvalue weighted by atomic mass is 32.2. The van der Waals surface area contributed by atoms with Crippen LogP contribution in [-0.4, -0.2) is 20.0 Å². The van der Waals surface area contributed by atoms with E-state index in [1.165, 1.54) is 0 Å². The fourth-order valence-electron chi connectivity index (χ4n) is 2.13. The van der Waals surface area contributed by atoms with Crippen molar-refractivity contribution in [2.24, 2.45) is 0 Å². The zero-order valence-corrected chi connectivity index (χ0v) is 13.8. The van der Waals surface area contributed by atoms with Crippen LogP contribution >= 0.6 is 0 Å². The molecule has 0 radical (unpaired) electrons. The van der Waals surface area contributed by atoms with Gasteiger partial charge >= 0.3 is 0 Å². The van der Waals surface area contributed by atoms with Gasteiger partial charge in [0.05, 0.1) is 11.5 Å². The molecule has 0 fully saturated rings. The molecule has 0 unspecified atom stereocenters. The summed E-state index contributed by atoms with van der Waals surface area (Å²) in [4.78, 5) is 4.19. The Morgan fingerprint density at radius 2 is 1.77 bits per heavy atom. The number of ether oxygens (including phenoxy) is 1. The third-order valence-electron chi connectivity index (χ3n) is 3.49. The zero-order chi connectivity index (χ0) is 16.2. The molecule has 2 aromatic rings. The molecule has 1 aromatic carbocycles. The van der Waals surface area contributed by atoms with Gasteiger partial charge in [-0.15, -0.1) is 0 Å². The predicted octanol–water partition coefficient (Wildman–Crippen LogP) is 2.58. The molecule has 1 N–H and O–H groups in total. The highest BCUT2D eigenvalue weighted by Gasteiger charge is 2.19. The minimum atomic E-state index is -3.57. The largest absolute Gasteiger partial charge is 0.494 e. The second-order valence-corrected chi connectivity index (χ2v) is 6.66. The van der Waals surface area contributed by atoms with Crippen molar-refractivity contribution in [1.29, 1.82) is 0 Å². The Morgan fingerprint density at radius 3 is 2.41 bits per heavy atom. The molecule has 22 heavy (non-hydrogen) atoms. The SMILES string of the molecule is CCOc1ccc(S(=O)(=O)NCc2ccncc2)c(C)c1C. The van der Waals surface area contributed by atoms with E-state index in [4.69, 9.17) is 4.74 Å². The maximum absolute atomic E-state index is 12.5. The zero-order valence-electron chi connectivity index (χ0n) is 13.0. The van der Waals surface area contributed by atoms with Crippen molar-refractivity contribution >= 4 is 10.0 Å². The number of hydrogen-bond acceptors (Lipinski definition) is 4. The van der Waals surface area contributed by atoms with Crippen LogP contribution in [0.15, 0.2) is 41.6 Å². The molecule has 1 aromatic heterocycles. The summed E-state index contributed by atoms with van der Waals surface area (Å²) in [5.41, 5.74) is 2.40. The van der Waals surface area contributed by atoms with Gasteiger partial charge in [0.1, 0.15) is 5.75 Å². The summed E-state index contributed by atoms with van der Waals surface area (Å²) < 4.78 is 33.1. The molecule has 1 heterocycles. The molecule has 0 amide bonds. The minimum Gasteiger partial charge on any atom is -0.494 e. The summed E-state index contributed by atoms with van der Waals surface area (Å²) in [6.45, 7) is 6.33. The van der Waals surface area contributed by atoms with E-state index in [2.05, 4.69) is 9.71 Å². The number of hydrogen-bond donors (Lipinski definition) is 1. The predicted molar refractivity (Wildman–Crippen MR) is 85.3 cm³/mol. The van der Waals surface area contributed by atoms with E-state index >= 15 is 0 Å². The van der Waals surface area contributed by atoms with E-state index in [0.29, 0.717) is 17.9 Å². The minimum absolute atomic E-state index is 0.233. The lowest BCUT2D eigenvalue weighted by molar-refractivity contribution is 0.337. The molecule has 0 bridgehead atoms. The topological polar surface area (TPSA) is 68.3 Å². The Bertz CT molecular complexity index is 743. The number of nitrogens with one attached hydrogen (secondary N) is 1. The molecule has 0 atom stereocenters. The lowest BCUT2D eigenvalue weighted by atomic mass is 10.1. The molecule has 0 saturated heterocycles. The van der Waals surface area contributed by atoms with Gasteiger partial charge in [0.25, 0.3) is 0 Å². The van der Waals surface area contributed by atoms with Crippen molar-refractivity contribution in [1.82, 2.24) is 9.71 Å². The Morgan fingerprint density at radius 1 is 1.09 bits per heavy atom. The smallest absolute Gasteiger partial charge is 0.241 e. The standard InChI is InChI=1S/C16H20N2O3S/c1-4-21-15-5-6-16(13(3)12(15)2)22(19,20)18-11-14-7-9-17-10-8-14/h5-10,18H,4,11H2,1-3H3. The van der Waals surface area contributed by atoms with Crippen LogP contribution < -0.4 is 9.46 Å². The monoisotopic (exact) mass is 320 g/mol. The first-order chi connectivity index (χ1) is 10.5. The van der Waals surface area contributed by atoms with Gasteiger partial charge in [-0.05, 0) is 61.7 Å². The van der Waals surface area contributed by atoms with Crippen molar-refractivity contribution in [3.05, 3.63) is 53.3 Å². The first-order valence-corrected chi connectivity index (χ1v) is 8.55. The van der Waals surface area contributed by atoms with Crippen molar-refractivity contribution in [3.63, 3.8) is 0 Å². The van der Waals surface area contributed by atoms with E-state index in [9.17, 15) is 8.42 Å². The van der Waals surface area contributed by atoms with Gasteiger partial charge in [-0.25, -0.2) is 13.1 Å². The average Bonchev–Trinajstić information content (AvgIpc) is 2.51. The van der Waals surface area contributed by atoms with Gasteiger partial charge in [0, 0.05) is 18.9 Å². The number of rotatable bonds is 6. The quantitative estimate of drug-likeness (QED) is 0.888. The Hall–Kier alpha value is -1.92. The number of pyridine rings is 1. The van der Waals surface area contributed by atoms with Gasteiger partial charge in [0.15, 0.2) is 0 Å². The van der Waals surface area contributed by atoms with E-state index in [1.54, 1.807) is 43.6 Å². The molecule has 0 spiro atoms. The van der Waals surface area contributed by atoms with Crippen LogP contribution in [0.5, 0.6) is 5.75 Å². The summed E-state index contributed by atoms with van der Waals surface area (Å²) >= 11 is 0. The van der Waals surface area contributed by atoms with Crippen molar-refractivity contribution in [2.75, 3.05) is 6.61 Å². The molecule has 6 heteroatoms. The molecule has 0 aliphatic rings. The molecule has 5 nitrogen and oxygen atoms in total. The average molecular weight is 320 g/mol. The Labute approximate surface area is 131 Å². The lowest BCUT2D eigenvalue weighted by Crippen LogP contribution is -2.24. The van der Waals surface area contributed by atoms with E-state index in [-0.39, 0.29) is 11.4 Å². The third-order valence-corrected chi connectivity index (χ3v) is 5.04. The van der Waals surface area contributed by atoms with E-state index in [0.717, 1.165) is 11.1 Å². The Balaban J connectivity index is 2.24. The fraction of sp³-hybridized carbons (Fsp3) is 0.312. The Kier molecular flexibility index (Phi) is 5.15. The molecule has 0 aliphatic heterocycles. The van der Waals surface area contributed by atoms with Crippen LogP contribution in [0.3, 0.4) is 0 Å². The second-order valence-electron chi connectivity index (χ2n) is 4.92. The second kappa shape index (κ2) is 6.89. The fourth-order valence-corrected chi connectivity index (χ4v) is 3.45. The van der Waals surface area contributed by atoms with Gasteiger partial charge in [-0.3, -0.25) is 4.98 Å². The summed E-state index contributed by atoms with van der Waals surface area (Å²) in [5.74, 6) is 0.716. The molecule has 118 valence electrons. The van der Waals surface area contributed by atoms with Crippen LogP contribution in [0.25, 0.3) is 0 Å². The van der Waals surface area contributed by atoms with E-state index in [1.807, 2.05) is 13.8 Å². The maximum atomic E-state index is 12.5. The molecule has 0 saturated carbocycles. The van der Waals surface area contributed by atoms with Crippen LogP contribution in [0.1, 0.15) is 23.6 Å². The summed E-state index contributed by atoms with van der Waals surface area (Å²) in [7, 11) is -3.57. The molecular weight excluding hydrogens is 300 g/mol. The molecule has 0 aliphatic carbocycles. The first kappa shape index (κ1) is 16.5. The van der Waals surface area contributed by atoms with Gasteiger partial charge in [-0.1, -0.05) is 0 Å². The highest BCUT2D eigenvalue weighted by Crippen LogP contribution is 2.27. The van der Waals surface area contributed by atoms with Crippen LogP contribution in [0, 0.1) is 13.8 Å². The lowest BCUT2D eigenvalue weighted by Gasteiger charge is -2.14. The highest BCUT2D eigenvalue weighted by molar-refractivity contribution is 7.89. The van der Waals surface area contributed by atoms with Crippen LogP contribution in [-0.2, 0) is 16.6 Å². The van der Waals surface area contributed by atoms with Crippen LogP contribution in [0.4, 0.5) is 0 Å².